The van der Waals surface area contributed by atoms with E-state index in [2.05, 4.69) is 10.3 Å². The Kier molecular flexibility index (Phi) is 5.38. The molecule has 0 bridgehead atoms. The summed E-state index contributed by atoms with van der Waals surface area (Å²) >= 11 is 5.97. The van der Waals surface area contributed by atoms with Crippen molar-refractivity contribution in [2.45, 2.75) is 25.8 Å². The zero-order valence-electron chi connectivity index (χ0n) is 11.8. The molecule has 1 fully saturated rings. The van der Waals surface area contributed by atoms with Gasteiger partial charge in [0, 0.05) is 31.5 Å². The number of ether oxygens (including phenoxy) is 1. The van der Waals surface area contributed by atoms with Gasteiger partial charge in [0.2, 0.25) is 0 Å². The van der Waals surface area contributed by atoms with Crippen LogP contribution in [0.4, 0.5) is 4.79 Å². The summed E-state index contributed by atoms with van der Waals surface area (Å²) in [5.41, 5.74) is 0.368. The number of hydrogen-bond donors (Lipinski definition) is 1. The molecule has 0 unspecified atom stereocenters. The van der Waals surface area contributed by atoms with E-state index in [0.717, 1.165) is 0 Å². The lowest BCUT2D eigenvalue weighted by Crippen LogP contribution is -2.46. The van der Waals surface area contributed by atoms with Crippen molar-refractivity contribution in [3.05, 3.63) is 29.0 Å². The highest BCUT2D eigenvalue weighted by Gasteiger charge is 2.25. The van der Waals surface area contributed by atoms with Crippen LogP contribution in [0.5, 0.6) is 0 Å². The predicted octanol–water partition coefficient (Wildman–Crippen LogP) is 2.09. The Morgan fingerprint density at radius 2 is 2.19 bits per heavy atom. The van der Waals surface area contributed by atoms with E-state index in [9.17, 15) is 9.59 Å². The van der Waals surface area contributed by atoms with Crippen molar-refractivity contribution in [1.29, 1.82) is 0 Å². The number of halogens is 1. The maximum absolute atomic E-state index is 12.1. The second-order valence-corrected chi connectivity index (χ2v) is 5.20. The van der Waals surface area contributed by atoms with Gasteiger partial charge in [-0.25, -0.2) is 4.79 Å². The number of amides is 2. The molecular weight excluding hydrogens is 294 g/mol. The highest BCUT2D eigenvalue weighted by atomic mass is 35.5. The maximum Gasteiger partial charge on any atom is 0.409 e. The van der Waals surface area contributed by atoms with Gasteiger partial charge in [0.05, 0.1) is 17.2 Å². The van der Waals surface area contributed by atoms with Crippen LogP contribution in [0, 0.1) is 0 Å². The molecule has 1 aromatic rings. The fourth-order valence-corrected chi connectivity index (χ4v) is 2.42. The number of aromatic nitrogens is 1. The number of pyridine rings is 1. The highest BCUT2D eigenvalue weighted by Crippen LogP contribution is 2.16. The van der Waals surface area contributed by atoms with E-state index in [0.29, 0.717) is 43.1 Å². The van der Waals surface area contributed by atoms with Crippen molar-refractivity contribution in [2.24, 2.45) is 0 Å². The lowest BCUT2D eigenvalue weighted by molar-refractivity contribution is 0.0860. The Balaban J connectivity index is 1.85. The number of carbonyl (C=O) groups excluding carboxylic acids is 2. The van der Waals surface area contributed by atoms with Crippen LogP contribution >= 0.6 is 11.6 Å². The zero-order chi connectivity index (χ0) is 15.2. The molecule has 7 heteroatoms. The molecule has 114 valence electrons. The first-order valence-electron chi connectivity index (χ1n) is 6.94. The molecule has 2 rings (SSSR count). The Hall–Kier alpha value is -1.82. The van der Waals surface area contributed by atoms with E-state index in [4.69, 9.17) is 16.3 Å². The van der Waals surface area contributed by atoms with E-state index in [1.165, 1.54) is 12.4 Å². The topological polar surface area (TPSA) is 71.5 Å². The molecule has 0 aliphatic carbocycles. The zero-order valence-corrected chi connectivity index (χ0v) is 12.6. The molecule has 1 N–H and O–H groups in total. The molecule has 1 saturated heterocycles. The summed E-state index contributed by atoms with van der Waals surface area (Å²) in [7, 11) is 0. The van der Waals surface area contributed by atoms with Gasteiger partial charge in [0.1, 0.15) is 0 Å². The van der Waals surface area contributed by atoms with Gasteiger partial charge in [-0.15, -0.1) is 0 Å². The lowest BCUT2D eigenvalue weighted by atomic mass is 10.0. The minimum absolute atomic E-state index is 0.0273. The van der Waals surface area contributed by atoms with Crippen molar-refractivity contribution in [2.75, 3.05) is 19.7 Å². The molecule has 1 aliphatic heterocycles. The van der Waals surface area contributed by atoms with Crippen molar-refractivity contribution in [1.82, 2.24) is 15.2 Å². The third-order valence-corrected chi connectivity index (χ3v) is 3.70. The average molecular weight is 312 g/mol. The van der Waals surface area contributed by atoms with E-state index in [1.54, 1.807) is 17.9 Å². The smallest absolute Gasteiger partial charge is 0.409 e. The fourth-order valence-electron chi connectivity index (χ4n) is 2.23. The molecule has 0 spiro atoms. The van der Waals surface area contributed by atoms with Crippen LogP contribution in [0.15, 0.2) is 18.5 Å². The van der Waals surface area contributed by atoms with Gasteiger partial charge in [-0.3, -0.25) is 9.78 Å². The number of likely N-dealkylation sites (tertiary alicyclic amines) is 1. The van der Waals surface area contributed by atoms with Crippen molar-refractivity contribution < 1.29 is 14.3 Å². The van der Waals surface area contributed by atoms with Crippen LogP contribution in [0.2, 0.25) is 5.02 Å². The lowest BCUT2D eigenvalue weighted by Gasteiger charge is -2.31. The standard InChI is InChI=1S/C14H18ClN3O3/c1-2-21-14(20)18-7-4-10(5-8-18)17-13(19)11-9-16-6-3-12(11)15/h3,6,9-10H,2,4-5,7-8H2,1H3,(H,17,19). The second-order valence-electron chi connectivity index (χ2n) is 4.79. The summed E-state index contributed by atoms with van der Waals surface area (Å²) < 4.78 is 4.96. The van der Waals surface area contributed by atoms with Crippen LogP contribution in [0.3, 0.4) is 0 Å². The summed E-state index contributed by atoms with van der Waals surface area (Å²) in [6.07, 6.45) is 4.09. The number of nitrogens with zero attached hydrogens (tertiary/aromatic N) is 2. The molecule has 0 aromatic carbocycles. The van der Waals surface area contributed by atoms with Crippen molar-refractivity contribution in [3.8, 4) is 0 Å². The van der Waals surface area contributed by atoms with Gasteiger partial charge in [-0.1, -0.05) is 11.6 Å². The molecular formula is C14H18ClN3O3. The summed E-state index contributed by atoms with van der Waals surface area (Å²) in [5.74, 6) is -0.234. The Morgan fingerprint density at radius 1 is 1.48 bits per heavy atom. The quantitative estimate of drug-likeness (QED) is 0.927. The summed E-state index contributed by atoms with van der Waals surface area (Å²) in [6.45, 7) is 3.30. The molecule has 0 saturated carbocycles. The van der Waals surface area contributed by atoms with Gasteiger partial charge >= 0.3 is 6.09 Å². The van der Waals surface area contributed by atoms with Gasteiger partial charge < -0.3 is 15.0 Å². The van der Waals surface area contributed by atoms with Gasteiger partial charge in [0.15, 0.2) is 0 Å². The molecule has 1 aliphatic rings. The first-order valence-corrected chi connectivity index (χ1v) is 7.31. The number of carbonyl (C=O) groups is 2. The summed E-state index contributed by atoms with van der Waals surface area (Å²) in [4.78, 5) is 29.3. The van der Waals surface area contributed by atoms with E-state index in [1.807, 2.05) is 0 Å². The first-order chi connectivity index (χ1) is 10.1. The van der Waals surface area contributed by atoms with E-state index >= 15 is 0 Å². The average Bonchev–Trinajstić information content (AvgIpc) is 2.48. The van der Waals surface area contributed by atoms with Gasteiger partial charge in [0.25, 0.3) is 5.91 Å². The molecule has 2 amide bonds. The first kappa shape index (κ1) is 15.6. The molecule has 0 radical (unpaired) electrons. The molecule has 6 nitrogen and oxygen atoms in total. The maximum atomic E-state index is 12.1. The van der Waals surface area contributed by atoms with E-state index in [-0.39, 0.29) is 18.0 Å². The van der Waals surface area contributed by atoms with Crippen molar-refractivity contribution in [3.63, 3.8) is 0 Å². The Labute approximate surface area is 128 Å². The number of nitrogens with one attached hydrogen (secondary N) is 1. The second kappa shape index (κ2) is 7.26. The third kappa shape index (κ3) is 4.07. The summed E-state index contributed by atoms with van der Waals surface area (Å²) in [5, 5.41) is 3.31. The fraction of sp³-hybridized carbons (Fsp3) is 0.500. The van der Waals surface area contributed by atoms with Crippen LogP contribution in [0.25, 0.3) is 0 Å². The SMILES string of the molecule is CCOC(=O)N1CCC(NC(=O)c2cnccc2Cl)CC1. The van der Waals surface area contributed by atoms with Crippen LogP contribution in [-0.2, 0) is 4.74 Å². The Bertz CT molecular complexity index is 516. The van der Waals surface area contributed by atoms with Gasteiger partial charge in [-0.05, 0) is 25.8 Å². The van der Waals surface area contributed by atoms with Crippen LogP contribution in [-0.4, -0.2) is 47.6 Å². The minimum Gasteiger partial charge on any atom is -0.450 e. The molecule has 2 heterocycles. The Morgan fingerprint density at radius 3 is 2.81 bits per heavy atom. The number of piperidine rings is 1. The summed E-state index contributed by atoms with van der Waals surface area (Å²) in [6, 6.07) is 1.61. The van der Waals surface area contributed by atoms with Crippen molar-refractivity contribution >= 4 is 23.6 Å². The highest BCUT2D eigenvalue weighted by molar-refractivity contribution is 6.33. The monoisotopic (exact) mass is 311 g/mol. The molecule has 1 aromatic heterocycles. The van der Waals surface area contributed by atoms with Crippen LogP contribution < -0.4 is 5.32 Å². The largest absolute Gasteiger partial charge is 0.450 e. The molecule has 21 heavy (non-hydrogen) atoms. The van der Waals surface area contributed by atoms with Gasteiger partial charge in [-0.2, -0.15) is 0 Å². The number of hydrogen-bond acceptors (Lipinski definition) is 4. The third-order valence-electron chi connectivity index (χ3n) is 3.37. The minimum atomic E-state index is -0.294. The molecule has 0 atom stereocenters. The van der Waals surface area contributed by atoms with E-state index < -0.39 is 0 Å². The van der Waals surface area contributed by atoms with Crippen LogP contribution in [0.1, 0.15) is 30.1 Å². The number of rotatable bonds is 3. The normalized spacial score (nSPS) is 15.6. The predicted molar refractivity (Wildman–Crippen MR) is 78.3 cm³/mol.